The van der Waals surface area contributed by atoms with Crippen LogP contribution in [0.5, 0.6) is 0 Å². The van der Waals surface area contributed by atoms with Crippen molar-refractivity contribution in [2.45, 2.75) is 12.8 Å². The van der Waals surface area contributed by atoms with Crippen LogP contribution in [0.1, 0.15) is 22.3 Å². The quantitative estimate of drug-likeness (QED) is 0.192. The summed E-state index contributed by atoms with van der Waals surface area (Å²) in [6.07, 6.45) is 5.06. The SMILES string of the molecule is N=C=O.N=C=O.N=C=O.N=C=O.c1ccc(Cc2ccccc2)cc1.c1ccc(Cc2ccccc2)cc1. The number of carbonyl (C=O) groups excluding carboxylic acids is 4. The summed E-state index contributed by atoms with van der Waals surface area (Å²) in [6.45, 7) is 0. The Morgan fingerprint density at radius 3 is 0.605 bits per heavy atom. The van der Waals surface area contributed by atoms with Gasteiger partial charge >= 0.3 is 0 Å². The van der Waals surface area contributed by atoms with E-state index in [4.69, 9.17) is 40.8 Å². The first-order chi connectivity index (χ1) is 18.6. The van der Waals surface area contributed by atoms with E-state index in [1.54, 1.807) is 0 Å². The van der Waals surface area contributed by atoms with Crippen LogP contribution in [0.3, 0.4) is 0 Å². The summed E-state index contributed by atoms with van der Waals surface area (Å²) in [7, 11) is 0. The Hall–Kier alpha value is -5.60. The van der Waals surface area contributed by atoms with E-state index in [2.05, 4.69) is 121 Å². The summed E-state index contributed by atoms with van der Waals surface area (Å²) in [5.41, 5.74) is 5.48. The second-order valence-electron chi connectivity index (χ2n) is 6.70. The van der Waals surface area contributed by atoms with Gasteiger partial charge < -0.3 is 0 Å². The maximum atomic E-state index is 8.35. The fourth-order valence-electron chi connectivity index (χ4n) is 2.85. The van der Waals surface area contributed by atoms with E-state index in [0.717, 1.165) is 37.2 Å². The molecule has 0 aliphatic carbocycles. The molecule has 8 nitrogen and oxygen atoms in total. The Kier molecular flexibility index (Phi) is 25.1. The normalized spacial score (nSPS) is 7.58. The molecule has 0 saturated heterocycles. The molecule has 0 bridgehead atoms. The largest absolute Gasteiger partial charge is 0.231 e. The van der Waals surface area contributed by atoms with Gasteiger partial charge in [0, 0.05) is 0 Å². The van der Waals surface area contributed by atoms with Crippen LogP contribution in [0.4, 0.5) is 0 Å². The van der Waals surface area contributed by atoms with Crippen molar-refractivity contribution in [2.24, 2.45) is 0 Å². The average Bonchev–Trinajstić information content (AvgIpc) is 2.93. The smallest absolute Gasteiger partial charge is 0.222 e. The standard InChI is InChI=1S/2C13H12.4CHNO/c2*1-3-7-12(8-4-1)11-13-9-5-2-6-10-13;4*2-1-3/h2*1-10H,11H2;4*2H. The molecule has 0 aliphatic heterocycles. The number of hydrogen-bond acceptors (Lipinski definition) is 8. The van der Waals surface area contributed by atoms with E-state index < -0.39 is 0 Å². The van der Waals surface area contributed by atoms with Gasteiger partial charge in [0.05, 0.1) is 0 Å². The van der Waals surface area contributed by atoms with Gasteiger partial charge in [-0.05, 0) is 35.1 Å². The summed E-state index contributed by atoms with van der Waals surface area (Å²) >= 11 is 0. The molecule has 4 rings (SSSR count). The Morgan fingerprint density at radius 1 is 0.342 bits per heavy atom. The van der Waals surface area contributed by atoms with E-state index in [1.807, 2.05) is 0 Å². The molecule has 0 unspecified atom stereocenters. The maximum absolute atomic E-state index is 8.35. The third kappa shape index (κ3) is 22.2. The van der Waals surface area contributed by atoms with Crippen LogP contribution in [0.25, 0.3) is 0 Å². The van der Waals surface area contributed by atoms with Crippen molar-refractivity contribution in [2.75, 3.05) is 0 Å². The molecule has 4 aromatic rings. The number of benzene rings is 4. The molecule has 0 saturated carbocycles. The lowest BCUT2D eigenvalue weighted by atomic mass is 10.1. The maximum Gasteiger partial charge on any atom is 0.231 e. The molecule has 0 fully saturated rings. The van der Waals surface area contributed by atoms with E-state index >= 15 is 0 Å². The monoisotopic (exact) mass is 508 g/mol. The van der Waals surface area contributed by atoms with Gasteiger partial charge in [-0.1, -0.05) is 121 Å². The summed E-state index contributed by atoms with van der Waals surface area (Å²) in [4.78, 5) is 33.4. The second kappa shape index (κ2) is 27.6. The molecule has 0 aliphatic rings. The van der Waals surface area contributed by atoms with Crippen molar-refractivity contribution in [3.63, 3.8) is 0 Å². The highest BCUT2D eigenvalue weighted by Gasteiger charge is 1.93. The molecule has 0 heterocycles. The third-order valence-corrected chi connectivity index (χ3v) is 4.19. The molecule has 192 valence electrons. The highest BCUT2D eigenvalue weighted by molar-refractivity contribution is 5.28. The lowest BCUT2D eigenvalue weighted by Gasteiger charge is -2.00. The van der Waals surface area contributed by atoms with Crippen LogP contribution in [-0.2, 0) is 32.0 Å². The molecule has 8 heteroatoms. The molecule has 0 amide bonds. The summed E-state index contributed by atoms with van der Waals surface area (Å²) in [5.74, 6) is 0. The minimum Gasteiger partial charge on any atom is -0.222 e. The first-order valence-electron chi connectivity index (χ1n) is 10.9. The van der Waals surface area contributed by atoms with Gasteiger partial charge in [-0.15, -0.1) is 0 Å². The molecular formula is C30H28N4O4. The van der Waals surface area contributed by atoms with Gasteiger partial charge in [-0.25, -0.2) is 40.8 Å². The predicted octanol–water partition coefficient (Wildman–Crippen LogP) is 6.16. The zero-order chi connectivity index (χ0) is 28.7. The number of nitrogens with one attached hydrogen (secondary N) is 4. The van der Waals surface area contributed by atoms with Crippen molar-refractivity contribution in [1.82, 2.24) is 0 Å². The highest BCUT2D eigenvalue weighted by Crippen LogP contribution is 2.08. The van der Waals surface area contributed by atoms with Crippen molar-refractivity contribution in [1.29, 1.82) is 21.6 Å². The van der Waals surface area contributed by atoms with Crippen LogP contribution in [-0.4, -0.2) is 24.3 Å². The number of isocyanates is 4. The van der Waals surface area contributed by atoms with E-state index in [9.17, 15) is 0 Å². The molecular weight excluding hydrogens is 480 g/mol. The van der Waals surface area contributed by atoms with Crippen LogP contribution >= 0.6 is 0 Å². The number of hydrogen-bond donors (Lipinski definition) is 4. The lowest BCUT2D eigenvalue weighted by molar-refractivity contribution is 0.562. The summed E-state index contributed by atoms with van der Waals surface area (Å²) < 4.78 is 0. The van der Waals surface area contributed by atoms with Gasteiger partial charge in [-0.3, -0.25) is 0 Å². The molecule has 0 spiro atoms. The fraction of sp³-hybridized carbons (Fsp3) is 0.0667. The minimum atomic E-state index is 0.750. The Morgan fingerprint density at radius 2 is 0.474 bits per heavy atom. The predicted molar refractivity (Wildman–Crippen MR) is 145 cm³/mol. The zero-order valence-electron chi connectivity index (χ0n) is 20.6. The topological polar surface area (TPSA) is 164 Å². The first-order valence-corrected chi connectivity index (χ1v) is 10.9. The van der Waals surface area contributed by atoms with Gasteiger partial charge in [0.15, 0.2) is 0 Å². The molecule has 0 aromatic heterocycles. The highest BCUT2D eigenvalue weighted by atomic mass is 16.1. The van der Waals surface area contributed by atoms with E-state index in [-0.39, 0.29) is 0 Å². The zero-order valence-corrected chi connectivity index (χ0v) is 20.6. The summed E-state index contributed by atoms with van der Waals surface area (Å²) in [5, 5.41) is 21.6. The Balaban J connectivity index is 0. The fourth-order valence-corrected chi connectivity index (χ4v) is 2.85. The van der Waals surface area contributed by atoms with Crippen LogP contribution in [0, 0.1) is 21.6 Å². The molecule has 4 aromatic carbocycles. The molecule has 0 radical (unpaired) electrons. The molecule has 38 heavy (non-hydrogen) atoms. The van der Waals surface area contributed by atoms with E-state index in [1.165, 1.54) is 22.3 Å². The number of rotatable bonds is 4. The summed E-state index contributed by atoms with van der Waals surface area (Å²) in [6, 6.07) is 42.1. The van der Waals surface area contributed by atoms with Crippen LogP contribution in [0.15, 0.2) is 121 Å². The molecule has 4 N–H and O–H groups in total. The Bertz CT molecular complexity index is 1030. The van der Waals surface area contributed by atoms with Gasteiger partial charge in [0.1, 0.15) is 0 Å². The van der Waals surface area contributed by atoms with Crippen molar-refractivity contribution in [3.8, 4) is 0 Å². The van der Waals surface area contributed by atoms with Gasteiger partial charge in [-0.2, -0.15) is 0 Å². The third-order valence-electron chi connectivity index (χ3n) is 4.19. The van der Waals surface area contributed by atoms with Gasteiger partial charge in [0.25, 0.3) is 0 Å². The molecule has 0 atom stereocenters. The van der Waals surface area contributed by atoms with Gasteiger partial charge in [0.2, 0.25) is 24.3 Å². The van der Waals surface area contributed by atoms with Crippen molar-refractivity contribution >= 4 is 24.3 Å². The minimum absolute atomic E-state index is 0.750. The van der Waals surface area contributed by atoms with Crippen LogP contribution in [0.2, 0.25) is 0 Å². The van der Waals surface area contributed by atoms with Crippen molar-refractivity contribution < 1.29 is 19.2 Å². The lowest BCUT2D eigenvalue weighted by Crippen LogP contribution is -1.85. The Labute approximate surface area is 221 Å². The first kappa shape index (κ1) is 34.6. The van der Waals surface area contributed by atoms with Crippen molar-refractivity contribution in [3.05, 3.63) is 144 Å². The van der Waals surface area contributed by atoms with E-state index in [0.29, 0.717) is 0 Å². The second-order valence-corrected chi connectivity index (χ2v) is 6.70. The van der Waals surface area contributed by atoms with Crippen LogP contribution < -0.4 is 0 Å². The average molecular weight is 509 g/mol.